The Kier molecular flexibility index (Phi) is 6.14. The third kappa shape index (κ3) is 4.89. The Morgan fingerprint density at radius 1 is 1.03 bits per heavy atom. The Morgan fingerprint density at radius 3 is 2.53 bits per heavy atom. The van der Waals surface area contributed by atoms with Crippen molar-refractivity contribution in [3.8, 4) is 17.0 Å². The number of nitrogens with zero attached hydrogens (tertiary/aromatic N) is 4. The van der Waals surface area contributed by atoms with Crippen molar-refractivity contribution in [3.05, 3.63) is 71.5 Å². The number of aromatic nitrogens is 2. The maximum Gasteiger partial charge on any atom is 0.260 e. The van der Waals surface area contributed by atoms with Gasteiger partial charge >= 0.3 is 0 Å². The van der Waals surface area contributed by atoms with Crippen molar-refractivity contribution < 1.29 is 9.53 Å². The summed E-state index contributed by atoms with van der Waals surface area (Å²) >= 11 is 5.97. The third-order valence-electron chi connectivity index (χ3n) is 5.10. The highest BCUT2D eigenvalue weighted by molar-refractivity contribution is 6.30. The van der Waals surface area contributed by atoms with E-state index in [1.165, 1.54) is 0 Å². The van der Waals surface area contributed by atoms with Gasteiger partial charge in [-0.25, -0.2) is 9.97 Å². The van der Waals surface area contributed by atoms with E-state index in [9.17, 15) is 4.79 Å². The van der Waals surface area contributed by atoms with Crippen molar-refractivity contribution in [2.75, 3.05) is 37.7 Å². The molecule has 0 aliphatic carbocycles. The number of carbonyl (C=O) groups excluding carboxylic acids is 1. The van der Waals surface area contributed by atoms with Gasteiger partial charge in [0.25, 0.3) is 5.91 Å². The van der Waals surface area contributed by atoms with Gasteiger partial charge in [0, 0.05) is 42.8 Å². The Hall–Kier alpha value is -3.12. The highest BCUT2D eigenvalue weighted by Gasteiger charge is 2.22. The van der Waals surface area contributed by atoms with Gasteiger partial charge in [-0.15, -0.1) is 0 Å². The number of hydrogen-bond donors (Lipinski definition) is 0. The van der Waals surface area contributed by atoms with Gasteiger partial charge in [0.05, 0.1) is 5.69 Å². The lowest BCUT2D eigenvalue weighted by Gasteiger charge is -2.35. The van der Waals surface area contributed by atoms with Crippen LogP contribution < -0.4 is 9.64 Å². The first-order valence-corrected chi connectivity index (χ1v) is 10.3. The molecule has 154 valence electrons. The summed E-state index contributed by atoms with van der Waals surface area (Å²) in [5.41, 5.74) is 2.95. The van der Waals surface area contributed by atoms with E-state index in [0.717, 1.165) is 28.4 Å². The highest BCUT2D eigenvalue weighted by atomic mass is 35.5. The van der Waals surface area contributed by atoms with Crippen LogP contribution in [0.3, 0.4) is 0 Å². The van der Waals surface area contributed by atoms with Gasteiger partial charge in [0.1, 0.15) is 17.9 Å². The standard InChI is InChI=1S/C23H23ClN4O2/c1-17-3-2-4-20(13-17)30-15-23(29)28-11-9-27(10-12-28)22-14-21(25-16-26-22)18-5-7-19(24)8-6-18/h2-8,13-14,16H,9-12,15H2,1H3. The summed E-state index contributed by atoms with van der Waals surface area (Å²) in [7, 11) is 0. The first-order valence-electron chi connectivity index (χ1n) is 9.89. The van der Waals surface area contributed by atoms with Crippen molar-refractivity contribution in [3.63, 3.8) is 0 Å². The van der Waals surface area contributed by atoms with Crippen LogP contribution >= 0.6 is 11.6 Å². The number of amides is 1. The first kappa shape index (κ1) is 20.2. The molecule has 0 bridgehead atoms. The Balaban J connectivity index is 1.33. The van der Waals surface area contributed by atoms with Crippen molar-refractivity contribution in [1.29, 1.82) is 0 Å². The van der Waals surface area contributed by atoms with E-state index in [-0.39, 0.29) is 12.5 Å². The molecule has 1 aromatic heterocycles. The molecule has 3 aromatic rings. The lowest BCUT2D eigenvalue weighted by molar-refractivity contribution is -0.133. The summed E-state index contributed by atoms with van der Waals surface area (Å²) in [5.74, 6) is 1.58. The summed E-state index contributed by atoms with van der Waals surface area (Å²) < 4.78 is 5.65. The summed E-state index contributed by atoms with van der Waals surface area (Å²) in [4.78, 5) is 25.3. The molecule has 0 N–H and O–H groups in total. The number of halogens is 1. The number of rotatable bonds is 5. The minimum Gasteiger partial charge on any atom is -0.484 e. The topological polar surface area (TPSA) is 58.6 Å². The second-order valence-electron chi connectivity index (χ2n) is 7.24. The van der Waals surface area contributed by atoms with E-state index >= 15 is 0 Å². The van der Waals surface area contributed by atoms with Crippen molar-refractivity contribution >= 4 is 23.3 Å². The zero-order chi connectivity index (χ0) is 20.9. The fourth-order valence-electron chi connectivity index (χ4n) is 3.42. The number of piperazine rings is 1. The molecule has 30 heavy (non-hydrogen) atoms. The average Bonchev–Trinajstić information content (AvgIpc) is 2.78. The molecule has 2 heterocycles. The van der Waals surface area contributed by atoms with Gasteiger partial charge in [-0.05, 0) is 36.8 Å². The Morgan fingerprint density at radius 2 is 1.80 bits per heavy atom. The Labute approximate surface area is 181 Å². The number of hydrogen-bond acceptors (Lipinski definition) is 5. The van der Waals surface area contributed by atoms with Crippen LogP contribution in [0.5, 0.6) is 5.75 Å². The smallest absolute Gasteiger partial charge is 0.260 e. The average molecular weight is 423 g/mol. The van der Waals surface area contributed by atoms with Crippen LogP contribution in [0.2, 0.25) is 5.02 Å². The fourth-order valence-corrected chi connectivity index (χ4v) is 3.55. The van der Waals surface area contributed by atoms with E-state index in [1.54, 1.807) is 6.33 Å². The molecule has 6 nitrogen and oxygen atoms in total. The fraction of sp³-hybridized carbons (Fsp3) is 0.261. The van der Waals surface area contributed by atoms with Crippen LogP contribution in [0.4, 0.5) is 5.82 Å². The number of anilines is 1. The largest absolute Gasteiger partial charge is 0.484 e. The molecule has 4 rings (SSSR count). The predicted molar refractivity (Wildman–Crippen MR) is 118 cm³/mol. The SMILES string of the molecule is Cc1cccc(OCC(=O)N2CCN(c3cc(-c4ccc(Cl)cc4)ncn3)CC2)c1. The third-order valence-corrected chi connectivity index (χ3v) is 5.35. The zero-order valence-electron chi connectivity index (χ0n) is 16.8. The molecule has 1 aliphatic heterocycles. The monoisotopic (exact) mass is 422 g/mol. The van der Waals surface area contributed by atoms with Crippen molar-refractivity contribution in [1.82, 2.24) is 14.9 Å². The van der Waals surface area contributed by atoms with E-state index in [4.69, 9.17) is 16.3 Å². The molecule has 2 aromatic carbocycles. The molecular formula is C23H23ClN4O2. The van der Waals surface area contributed by atoms with E-state index < -0.39 is 0 Å². The molecule has 1 aliphatic rings. The van der Waals surface area contributed by atoms with E-state index in [1.807, 2.05) is 66.4 Å². The molecule has 7 heteroatoms. The molecule has 1 fully saturated rings. The van der Waals surface area contributed by atoms with Crippen LogP contribution in [-0.2, 0) is 4.79 Å². The maximum absolute atomic E-state index is 12.5. The summed E-state index contributed by atoms with van der Waals surface area (Å²) in [6.07, 6.45) is 1.58. The highest BCUT2D eigenvalue weighted by Crippen LogP contribution is 2.23. The molecule has 0 saturated carbocycles. The molecule has 0 atom stereocenters. The van der Waals surface area contributed by atoms with Crippen molar-refractivity contribution in [2.24, 2.45) is 0 Å². The number of aryl methyl sites for hydroxylation is 1. The van der Waals surface area contributed by atoms with Crippen LogP contribution in [0.25, 0.3) is 11.3 Å². The van der Waals surface area contributed by atoms with Crippen LogP contribution in [0.15, 0.2) is 60.9 Å². The lowest BCUT2D eigenvalue weighted by Crippen LogP contribution is -2.50. The van der Waals surface area contributed by atoms with Gasteiger partial charge in [-0.3, -0.25) is 4.79 Å². The number of benzene rings is 2. The summed E-state index contributed by atoms with van der Waals surface area (Å²) in [5, 5.41) is 0.695. The predicted octanol–water partition coefficient (Wildman–Crippen LogP) is 3.83. The summed E-state index contributed by atoms with van der Waals surface area (Å²) in [6, 6.07) is 17.3. The van der Waals surface area contributed by atoms with Crippen LogP contribution in [0, 0.1) is 6.92 Å². The second kappa shape index (κ2) is 9.13. The van der Waals surface area contributed by atoms with Gasteiger partial charge in [0.2, 0.25) is 0 Å². The molecule has 1 saturated heterocycles. The Bertz CT molecular complexity index is 1020. The normalized spacial score (nSPS) is 13.9. The number of ether oxygens (including phenoxy) is 1. The second-order valence-corrected chi connectivity index (χ2v) is 7.68. The van der Waals surface area contributed by atoms with E-state index in [2.05, 4.69) is 14.9 Å². The first-order chi connectivity index (χ1) is 14.6. The van der Waals surface area contributed by atoms with Gasteiger partial charge < -0.3 is 14.5 Å². The molecular weight excluding hydrogens is 400 g/mol. The quantitative estimate of drug-likeness (QED) is 0.625. The van der Waals surface area contributed by atoms with Crippen LogP contribution in [0.1, 0.15) is 5.56 Å². The maximum atomic E-state index is 12.5. The molecule has 1 amide bonds. The molecule has 0 unspecified atom stereocenters. The molecule has 0 radical (unpaired) electrons. The minimum atomic E-state index is 0.000645. The zero-order valence-corrected chi connectivity index (χ0v) is 17.5. The van der Waals surface area contributed by atoms with Gasteiger partial charge in [-0.2, -0.15) is 0 Å². The number of carbonyl (C=O) groups is 1. The van der Waals surface area contributed by atoms with E-state index in [0.29, 0.717) is 31.2 Å². The lowest BCUT2D eigenvalue weighted by atomic mass is 10.1. The van der Waals surface area contributed by atoms with Crippen LogP contribution in [-0.4, -0.2) is 53.6 Å². The van der Waals surface area contributed by atoms with Gasteiger partial charge in [0.15, 0.2) is 6.61 Å². The summed E-state index contributed by atoms with van der Waals surface area (Å²) in [6.45, 7) is 4.75. The van der Waals surface area contributed by atoms with Crippen molar-refractivity contribution in [2.45, 2.75) is 6.92 Å². The molecule has 0 spiro atoms. The van der Waals surface area contributed by atoms with Gasteiger partial charge in [-0.1, -0.05) is 35.9 Å². The minimum absolute atomic E-state index is 0.000645.